The number of carbonyl (C=O) groups excluding carboxylic acids is 1. The lowest BCUT2D eigenvalue weighted by atomic mass is 9.95. The molecule has 1 aromatic carbocycles. The average molecular weight is 299 g/mol. The van der Waals surface area contributed by atoms with Crippen molar-refractivity contribution in [3.63, 3.8) is 0 Å². The van der Waals surface area contributed by atoms with Gasteiger partial charge in [0.25, 0.3) is 5.91 Å². The number of nitrogens with zero attached hydrogens (tertiary/aromatic N) is 3. The third-order valence-corrected chi connectivity index (χ3v) is 4.20. The summed E-state index contributed by atoms with van der Waals surface area (Å²) in [5.74, 6) is -0.203. The highest BCUT2D eigenvalue weighted by atomic mass is 16.3. The van der Waals surface area contributed by atoms with Gasteiger partial charge in [0.05, 0.1) is 6.04 Å². The molecule has 3 rings (SSSR count). The number of aliphatic hydroxyl groups is 1. The lowest BCUT2D eigenvalue weighted by Gasteiger charge is -2.28. The van der Waals surface area contributed by atoms with E-state index in [2.05, 4.69) is 5.10 Å². The fraction of sp³-hybridized carbons (Fsp3) is 0.412. The van der Waals surface area contributed by atoms with Gasteiger partial charge in [0.15, 0.2) is 0 Å². The van der Waals surface area contributed by atoms with Crippen molar-refractivity contribution in [2.45, 2.75) is 31.4 Å². The molecule has 2 aromatic rings. The van der Waals surface area contributed by atoms with E-state index in [0.29, 0.717) is 19.5 Å². The molecule has 1 fully saturated rings. The zero-order valence-corrected chi connectivity index (χ0v) is 12.7. The minimum Gasteiger partial charge on any atom is -0.380 e. The monoisotopic (exact) mass is 299 g/mol. The smallest absolute Gasteiger partial charge is 0.254 e. The first kappa shape index (κ1) is 14.8. The van der Waals surface area contributed by atoms with Crippen LogP contribution >= 0.6 is 0 Å². The van der Waals surface area contributed by atoms with Crippen LogP contribution in [0.1, 0.15) is 24.9 Å². The predicted octanol–water partition coefficient (Wildman–Crippen LogP) is 1.65. The second kappa shape index (κ2) is 5.93. The maximum absolute atomic E-state index is 12.6. The Morgan fingerprint density at radius 1 is 1.36 bits per heavy atom. The lowest BCUT2D eigenvalue weighted by molar-refractivity contribution is -0.148. The van der Waals surface area contributed by atoms with Gasteiger partial charge in [0.1, 0.15) is 5.60 Å². The molecule has 2 unspecified atom stereocenters. The fourth-order valence-electron chi connectivity index (χ4n) is 3.05. The molecule has 5 heteroatoms. The van der Waals surface area contributed by atoms with E-state index in [1.807, 2.05) is 47.3 Å². The summed E-state index contributed by atoms with van der Waals surface area (Å²) in [6, 6.07) is 11.7. The molecule has 5 nitrogen and oxygen atoms in total. The van der Waals surface area contributed by atoms with Gasteiger partial charge in [0.2, 0.25) is 0 Å². The third kappa shape index (κ3) is 3.04. The summed E-state index contributed by atoms with van der Waals surface area (Å²) in [6.07, 6.45) is 4.86. The Kier molecular flexibility index (Phi) is 3.98. The zero-order valence-electron chi connectivity index (χ0n) is 12.7. The molecule has 0 spiro atoms. The normalized spacial score (nSPS) is 20.8. The van der Waals surface area contributed by atoms with Crippen LogP contribution in [0.4, 0.5) is 0 Å². The van der Waals surface area contributed by atoms with Crippen LogP contribution in [0.15, 0.2) is 48.8 Å². The summed E-state index contributed by atoms with van der Waals surface area (Å²) in [6.45, 7) is 2.86. The third-order valence-electron chi connectivity index (χ3n) is 4.20. The molecule has 1 amide bonds. The minimum absolute atomic E-state index is 0.200. The number of hydrogen-bond donors (Lipinski definition) is 1. The number of amides is 1. The SMILES string of the molecule is CC(O)(Cc1ccccc1)C(=O)N1CCC(n2cccn2)C1. The Hall–Kier alpha value is -2.14. The van der Waals surface area contributed by atoms with Crippen LogP contribution in [-0.2, 0) is 11.2 Å². The van der Waals surface area contributed by atoms with Crippen LogP contribution in [0, 0.1) is 0 Å². The van der Waals surface area contributed by atoms with Crippen molar-refractivity contribution < 1.29 is 9.90 Å². The summed E-state index contributed by atoms with van der Waals surface area (Å²) in [7, 11) is 0. The summed E-state index contributed by atoms with van der Waals surface area (Å²) < 4.78 is 1.89. The van der Waals surface area contributed by atoms with Gasteiger partial charge in [-0.1, -0.05) is 30.3 Å². The van der Waals surface area contributed by atoms with Gasteiger partial charge in [-0.15, -0.1) is 0 Å². The summed E-state index contributed by atoms with van der Waals surface area (Å²) >= 11 is 0. The highest BCUT2D eigenvalue weighted by molar-refractivity contribution is 5.85. The van der Waals surface area contributed by atoms with Gasteiger partial charge in [-0.3, -0.25) is 9.48 Å². The van der Waals surface area contributed by atoms with Crippen LogP contribution in [0.25, 0.3) is 0 Å². The first-order valence-corrected chi connectivity index (χ1v) is 7.61. The number of rotatable bonds is 4. The fourth-order valence-corrected chi connectivity index (χ4v) is 3.05. The van der Waals surface area contributed by atoms with E-state index in [9.17, 15) is 9.90 Å². The molecule has 1 aromatic heterocycles. The maximum atomic E-state index is 12.6. The van der Waals surface area contributed by atoms with Crippen LogP contribution in [0.2, 0.25) is 0 Å². The van der Waals surface area contributed by atoms with Crippen molar-refractivity contribution in [3.05, 3.63) is 54.4 Å². The van der Waals surface area contributed by atoms with Crippen LogP contribution in [0.3, 0.4) is 0 Å². The molecule has 2 heterocycles. The highest BCUT2D eigenvalue weighted by Gasteiger charge is 2.38. The van der Waals surface area contributed by atoms with Gasteiger partial charge in [0, 0.05) is 31.9 Å². The molecule has 22 heavy (non-hydrogen) atoms. The molecule has 0 aliphatic carbocycles. The minimum atomic E-state index is -1.37. The molecule has 1 aliphatic heterocycles. The van der Waals surface area contributed by atoms with Crippen molar-refractivity contribution in [1.29, 1.82) is 0 Å². The zero-order chi connectivity index (χ0) is 15.6. The van der Waals surface area contributed by atoms with E-state index in [1.165, 1.54) is 0 Å². The molecule has 1 N–H and O–H groups in total. The molecule has 2 atom stereocenters. The molecule has 0 radical (unpaired) electrons. The maximum Gasteiger partial charge on any atom is 0.254 e. The molecular formula is C17H21N3O2. The van der Waals surface area contributed by atoms with E-state index >= 15 is 0 Å². The van der Waals surface area contributed by atoms with Gasteiger partial charge >= 0.3 is 0 Å². The van der Waals surface area contributed by atoms with E-state index in [-0.39, 0.29) is 11.9 Å². The van der Waals surface area contributed by atoms with Gasteiger partial charge in [-0.05, 0) is 25.0 Å². The number of benzene rings is 1. The van der Waals surface area contributed by atoms with E-state index in [1.54, 1.807) is 18.0 Å². The van der Waals surface area contributed by atoms with Crippen LogP contribution in [0.5, 0.6) is 0 Å². The molecule has 0 saturated carbocycles. The Bertz CT molecular complexity index is 623. The van der Waals surface area contributed by atoms with Crippen molar-refractivity contribution >= 4 is 5.91 Å². The second-order valence-corrected chi connectivity index (χ2v) is 6.12. The van der Waals surface area contributed by atoms with Crippen LogP contribution < -0.4 is 0 Å². The predicted molar refractivity (Wildman–Crippen MR) is 83.2 cm³/mol. The molecule has 116 valence electrons. The number of carbonyl (C=O) groups is 1. The number of hydrogen-bond acceptors (Lipinski definition) is 3. The van der Waals surface area contributed by atoms with E-state index in [0.717, 1.165) is 12.0 Å². The topological polar surface area (TPSA) is 58.4 Å². The lowest BCUT2D eigenvalue weighted by Crippen LogP contribution is -2.47. The number of likely N-dealkylation sites (tertiary alicyclic amines) is 1. The Balaban J connectivity index is 1.66. The van der Waals surface area contributed by atoms with Gasteiger partial charge in [-0.25, -0.2) is 0 Å². The van der Waals surface area contributed by atoms with Gasteiger partial charge in [-0.2, -0.15) is 5.10 Å². The van der Waals surface area contributed by atoms with E-state index in [4.69, 9.17) is 0 Å². The Labute approximate surface area is 130 Å². The number of aromatic nitrogens is 2. The van der Waals surface area contributed by atoms with Crippen molar-refractivity contribution in [2.75, 3.05) is 13.1 Å². The summed E-state index contributed by atoms with van der Waals surface area (Å²) in [5.41, 5.74) is -0.413. The summed E-state index contributed by atoms with van der Waals surface area (Å²) in [4.78, 5) is 14.4. The van der Waals surface area contributed by atoms with E-state index < -0.39 is 5.60 Å². The largest absolute Gasteiger partial charge is 0.380 e. The Morgan fingerprint density at radius 3 is 2.82 bits per heavy atom. The molecule has 1 aliphatic rings. The standard InChI is InChI=1S/C17H21N3O2/c1-17(22,12-14-6-3-2-4-7-14)16(21)19-11-8-15(13-19)20-10-5-9-18-20/h2-7,9-10,15,22H,8,11-13H2,1H3. The summed E-state index contributed by atoms with van der Waals surface area (Å²) in [5, 5.41) is 14.8. The molecular weight excluding hydrogens is 278 g/mol. The van der Waals surface area contributed by atoms with Crippen molar-refractivity contribution in [2.24, 2.45) is 0 Å². The first-order chi connectivity index (χ1) is 10.6. The average Bonchev–Trinajstić information content (AvgIpc) is 3.18. The second-order valence-electron chi connectivity index (χ2n) is 6.12. The van der Waals surface area contributed by atoms with Crippen molar-refractivity contribution in [3.8, 4) is 0 Å². The van der Waals surface area contributed by atoms with Crippen molar-refractivity contribution in [1.82, 2.24) is 14.7 Å². The quantitative estimate of drug-likeness (QED) is 0.934. The molecule has 1 saturated heterocycles. The van der Waals surface area contributed by atoms with Gasteiger partial charge < -0.3 is 10.0 Å². The molecule has 0 bridgehead atoms. The first-order valence-electron chi connectivity index (χ1n) is 7.61. The van der Waals surface area contributed by atoms with Crippen LogP contribution in [-0.4, -0.2) is 44.4 Å². The Morgan fingerprint density at radius 2 is 2.14 bits per heavy atom. The highest BCUT2D eigenvalue weighted by Crippen LogP contribution is 2.24.